The molecule has 4 rings (SSSR count). The van der Waals surface area contributed by atoms with Crippen molar-refractivity contribution in [1.29, 1.82) is 0 Å². The highest BCUT2D eigenvalue weighted by Gasteiger charge is 2.29. The topological polar surface area (TPSA) is 48.0 Å². The Hall–Kier alpha value is -2.95. The van der Waals surface area contributed by atoms with Crippen LogP contribution in [0.15, 0.2) is 48.5 Å². The highest BCUT2D eigenvalue weighted by atomic mass is 16.6. The van der Waals surface area contributed by atoms with Gasteiger partial charge in [-0.25, -0.2) is 0 Å². The van der Waals surface area contributed by atoms with Gasteiger partial charge >= 0.3 is 0 Å². The summed E-state index contributed by atoms with van der Waals surface area (Å²) < 4.78 is 16.8. The number of benzene rings is 2. The molecule has 2 aliphatic rings. The molecule has 0 bridgehead atoms. The molecular weight excluding hydrogens is 354 g/mol. The van der Waals surface area contributed by atoms with Gasteiger partial charge in [0.05, 0.1) is 12.6 Å². The molecule has 146 valence electrons. The molecule has 0 radical (unpaired) electrons. The van der Waals surface area contributed by atoms with Gasteiger partial charge in [-0.15, -0.1) is 0 Å². The van der Waals surface area contributed by atoms with E-state index in [-0.39, 0.29) is 11.9 Å². The third-order valence-electron chi connectivity index (χ3n) is 5.10. The van der Waals surface area contributed by atoms with E-state index in [4.69, 9.17) is 14.2 Å². The summed E-state index contributed by atoms with van der Waals surface area (Å²) in [5.41, 5.74) is 2.08. The maximum absolute atomic E-state index is 12.8. The average molecular weight is 379 g/mol. The molecule has 1 amide bonds. The van der Waals surface area contributed by atoms with Gasteiger partial charge in [-0.05, 0) is 61.2 Å². The summed E-state index contributed by atoms with van der Waals surface area (Å²) in [5.74, 6) is 2.42. The Morgan fingerprint density at radius 1 is 1.14 bits per heavy atom. The van der Waals surface area contributed by atoms with Gasteiger partial charge in [0.2, 0.25) is 5.91 Å². The highest BCUT2D eigenvalue weighted by Crippen LogP contribution is 2.38. The molecule has 5 nitrogen and oxygen atoms in total. The van der Waals surface area contributed by atoms with Crippen LogP contribution in [0.2, 0.25) is 0 Å². The van der Waals surface area contributed by atoms with Crippen molar-refractivity contribution in [3.05, 3.63) is 59.7 Å². The number of rotatable bonds is 5. The minimum Gasteiger partial charge on any atom is -0.494 e. The lowest BCUT2D eigenvalue weighted by molar-refractivity contribution is -0.126. The third kappa shape index (κ3) is 3.98. The van der Waals surface area contributed by atoms with Crippen LogP contribution in [0.3, 0.4) is 0 Å². The van der Waals surface area contributed by atoms with E-state index in [1.54, 1.807) is 6.08 Å². The Bertz CT molecular complexity index is 859. The summed E-state index contributed by atoms with van der Waals surface area (Å²) in [6.45, 7) is 4.52. The van der Waals surface area contributed by atoms with Gasteiger partial charge in [0, 0.05) is 12.6 Å². The van der Waals surface area contributed by atoms with Gasteiger partial charge in [0.25, 0.3) is 0 Å². The summed E-state index contributed by atoms with van der Waals surface area (Å²) in [5, 5.41) is 0. The predicted octanol–water partition coefficient (Wildman–Crippen LogP) is 4.23. The Kier molecular flexibility index (Phi) is 5.51. The first-order valence-corrected chi connectivity index (χ1v) is 9.85. The second-order valence-electron chi connectivity index (χ2n) is 6.93. The fraction of sp³-hybridized carbons (Fsp3) is 0.348. The molecule has 0 spiro atoms. The zero-order valence-corrected chi connectivity index (χ0v) is 16.1. The normalized spacial score (nSPS) is 18.5. The van der Waals surface area contributed by atoms with Crippen LogP contribution in [0.4, 0.5) is 0 Å². The molecule has 1 unspecified atom stereocenters. The van der Waals surface area contributed by atoms with Crippen molar-refractivity contribution in [2.75, 3.05) is 26.4 Å². The van der Waals surface area contributed by atoms with Crippen molar-refractivity contribution in [1.82, 2.24) is 4.90 Å². The van der Waals surface area contributed by atoms with Crippen LogP contribution in [-0.4, -0.2) is 37.2 Å². The first-order valence-electron chi connectivity index (χ1n) is 9.85. The molecule has 1 atom stereocenters. The quantitative estimate of drug-likeness (QED) is 0.730. The summed E-state index contributed by atoms with van der Waals surface area (Å²) in [6.07, 6.45) is 5.48. The van der Waals surface area contributed by atoms with E-state index in [0.29, 0.717) is 19.8 Å². The lowest BCUT2D eigenvalue weighted by Gasteiger charge is -2.26. The molecule has 2 aromatic rings. The predicted molar refractivity (Wildman–Crippen MR) is 108 cm³/mol. The molecule has 1 fully saturated rings. The van der Waals surface area contributed by atoms with Gasteiger partial charge in [0.15, 0.2) is 11.5 Å². The Morgan fingerprint density at radius 2 is 1.93 bits per heavy atom. The van der Waals surface area contributed by atoms with E-state index in [9.17, 15) is 4.79 Å². The molecule has 2 aliphatic heterocycles. The van der Waals surface area contributed by atoms with Crippen LogP contribution >= 0.6 is 0 Å². The number of hydrogen-bond donors (Lipinski definition) is 0. The highest BCUT2D eigenvalue weighted by molar-refractivity contribution is 5.92. The van der Waals surface area contributed by atoms with Gasteiger partial charge < -0.3 is 19.1 Å². The van der Waals surface area contributed by atoms with E-state index in [1.165, 1.54) is 0 Å². The first-order chi connectivity index (χ1) is 13.7. The van der Waals surface area contributed by atoms with E-state index in [2.05, 4.69) is 0 Å². The molecule has 0 saturated carbocycles. The Balaban J connectivity index is 1.46. The van der Waals surface area contributed by atoms with E-state index >= 15 is 0 Å². The van der Waals surface area contributed by atoms with Crippen molar-refractivity contribution >= 4 is 12.0 Å². The van der Waals surface area contributed by atoms with Crippen molar-refractivity contribution in [2.45, 2.75) is 25.8 Å². The van der Waals surface area contributed by atoms with Crippen molar-refractivity contribution in [3.8, 4) is 17.2 Å². The Labute approximate surface area is 165 Å². The number of nitrogens with zero attached hydrogens (tertiary/aromatic N) is 1. The summed E-state index contributed by atoms with van der Waals surface area (Å²) in [6, 6.07) is 13.8. The zero-order valence-electron chi connectivity index (χ0n) is 16.1. The van der Waals surface area contributed by atoms with Crippen molar-refractivity contribution < 1.29 is 19.0 Å². The molecule has 0 aliphatic carbocycles. The van der Waals surface area contributed by atoms with Crippen LogP contribution in [0.25, 0.3) is 6.08 Å². The zero-order chi connectivity index (χ0) is 19.3. The lowest BCUT2D eigenvalue weighted by atomic mass is 10.0. The maximum Gasteiger partial charge on any atom is 0.247 e. The fourth-order valence-corrected chi connectivity index (χ4v) is 3.75. The van der Waals surface area contributed by atoms with Crippen LogP contribution in [0.5, 0.6) is 17.2 Å². The standard InChI is InChI=1S/C23H25NO4/c1-2-26-19-9-5-17(6-10-19)7-12-23(25)24-13-3-4-20(24)18-8-11-21-22(16-18)28-15-14-27-21/h5-12,16,20H,2-4,13-15H2,1H3. The molecule has 2 heterocycles. The van der Waals surface area contributed by atoms with E-state index in [0.717, 1.165) is 47.8 Å². The van der Waals surface area contributed by atoms with Gasteiger partial charge in [0.1, 0.15) is 19.0 Å². The average Bonchev–Trinajstić information content (AvgIpc) is 3.23. The number of hydrogen-bond acceptors (Lipinski definition) is 4. The number of amides is 1. The summed E-state index contributed by atoms with van der Waals surface area (Å²) in [4.78, 5) is 14.8. The summed E-state index contributed by atoms with van der Waals surface area (Å²) in [7, 11) is 0. The number of fused-ring (bicyclic) bond motifs is 1. The van der Waals surface area contributed by atoms with Crippen molar-refractivity contribution in [3.63, 3.8) is 0 Å². The number of carbonyl (C=O) groups is 1. The molecule has 1 saturated heterocycles. The second-order valence-corrected chi connectivity index (χ2v) is 6.93. The number of likely N-dealkylation sites (tertiary alicyclic amines) is 1. The lowest BCUT2D eigenvalue weighted by Crippen LogP contribution is -2.29. The molecule has 28 heavy (non-hydrogen) atoms. The van der Waals surface area contributed by atoms with Gasteiger partial charge in [-0.1, -0.05) is 18.2 Å². The number of carbonyl (C=O) groups excluding carboxylic acids is 1. The van der Waals surface area contributed by atoms with E-state index in [1.807, 2.05) is 60.4 Å². The van der Waals surface area contributed by atoms with Crippen LogP contribution in [0.1, 0.15) is 36.9 Å². The Morgan fingerprint density at radius 3 is 2.71 bits per heavy atom. The maximum atomic E-state index is 12.8. The van der Waals surface area contributed by atoms with Gasteiger partial charge in [-0.3, -0.25) is 4.79 Å². The minimum atomic E-state index is 0.0336. The smallest absolute Gasteiger partial charge is 0.247 e. The van der Waals surface area contributed by atoms with Crippen LogP contribution in [0, 0.1) is 0 Å². The van der Waals surface area contributed by atoms with Crippen molar-refractivity contribution in [2.24, 2.45) is 0 Å². The summed E-state index contributed by atoms with van der Waals surface area (Å²) >= 11 is 0. The molecular formula is C23H25NO4. The number of ether oxygens (including phenoxy) is 3. The monoisotopic (exact) mass is 379 g/mol. The first kappa shape index (κ1) is 18.4. The van der Waals surface area contributed by atoms with Crippen LogP contribution < -0.4 is 14.2 Å². The molecule has 0 aromatic heterocycles. The fourth-order valence-electron chi connectivity index (χ4n) is 3.75. The van der Waals surface area contributed by atoms with Gasteiger partial charge in [-0.2, -0.15) is 0 Å². The van der Waals surface area contributed by atoms with E-state index < -0.39 is 0 Å². The molecule has 0 N–H and O–H groups in total. The molecule has 2 aromatic carbocycles. The SMILES string of the molecule is CCOc1ccc(C=CC(=O)N2CCCC2c2ccc3c(c2)OCCO3)cc1. The minimum absolute atomic E-state index is 0.0336. The van der Waals surface area contributed by atoms with Crippen LogP contribution in [-0.2, 0) is 4.79 Å². The second kappa shape index (κ2) is 8.38. The largest absolute Gasteiger partial charge is 0.494 e. The third-order valence-corrected chi connectivity index (χ3v) is 5.10. The molecule has 5 heteroatoms.